The number of carbonyl (C=O) groups is 2. The summed E-state index contributed by atoms with van der Waals surface area (Å²) in [4.78, 5) is 22.0. The van der Waals surface area contributed by atoms with Crippen LogP contribution in [0.1, 0.15) is 54.4 Å². The molecule has 0 aromatic heterocycles. The first-order valence-corrected chi connectivity index (χ1v) is 8.88. The lowest BCUT2D eigenvalue weighted by molar-refractivity contribution is -0.154. The van der Waals surface area contributed by atoms with Crippen LogP contribution in [0.4, 0.5) is 8.78 Å². The van der Waals surface area contributed by atoms with Crippen LogP contribution < -0.4 is 0 Å². The van der Waals surface area contributed by atoms with Gasteiger partial charge in [0.15, 0.2) is 0 Å². The van der Waals surface area contributed by atoms with Crippen molar-refractivity contribution in [1.82, 2.24) is 0 Å². The van der Waals surface area contributed by atoms with Crippen molar-refractivity contribution in [2.24, 2.45) is 5.41 Å². The van der Waals surface area contributed by atoms with Crippen LogP contribution in [0.5, 0.6) is 0 Å². The van der Waals surface area contributed by atoms with Gasteiger partial charge >= 0.3 is 11.9 Å². The van der Waals surface area contributed by atoms with E-state index in [2.05, 4.69) is 4.74 Å². The van der Waals surface area contributed by atoms with Gasteiger partial charge in [0.1, 0.15) is 0 Å². The molecule has 0 bridgehead atoms. The molecular weight excluding hydrogens is 350 g/mol. The first kappa shape index (κ1) is 22.7. The summed E-state index contributed by atoms with van der Waals surface area (Å²) in [5.41, 5.74) is 2.05. The third-order valence-corrected chi connectivity index (χ3v) is 4.57. The van der Waals surface area contributed by atoms with Gasteiger partial charge in [0.05, 0.1) is 0 Å². The topological polar surface area (TPSA) is 43.4 Å². The number of hydrogen-bond donors (Lipinski definition) is 0. The van der Waals surface area contributed by atoms with Crippen LogP contribution in [0.15, 0.2) is 58.7 Å². The summed E-state index contributed by atoms with van der Waals surface area (Å²) in [7, 11) is 0. The van der Waals surface area contributed by atoms with Gasteiger partial charge in [-0.15, -0.1) is 0 Å². The summed E-state index contributed by atoms with van der Waals surface area (Å²) in [5.74, 6) is -4.12. The van der Waals surface area contributed by atoms with E-state index >= 15 is 0 Å². The molecule has 0 aromatic rings. The highest BCUT2D eigenvalue weighted by Gasteiger charge is 2.42. The second-order valence-electron chi connectivity index (χ2n) is 7.53. The Morgan fingerprint density at radius 3 is 2.26 bits per heavy atom. The molecule has 0 saturated carbocycles. The first-order chi connectivity index (χ1) is 12.3. The maximum atomic E-state index is 14.0. The highest BCUT2D eigenvalue weighted by Crippen LogP contribution is 2.47. The summed E-state index contributed by atoms with van der Waals surface area (Å²) >= 11 is 0. The molecule has 0 aromatic carbocycles. The Labute approximate surface area is 160 Å². The second-order valence-corrected chi connectivity index (χ2v) is 7.53. The number of allylic oxidation sites excluding steroid dienone is 9. The fourth-order valence-electron chi connectivity index (χ4n) is 2.87. The van der Waals surface area contributed by atoms with Crippen molar-refractivity contribution in [3.8, 4) is 0 Å². The van der Waals surface area contributed by atoms with E-state index in [0.717, 1.165) is 12.5 Å². The van der Waals surface area contributed by atoms with Crippen molar-refractivity contribution in [2.75, 3.05) is 0 Å². The van der Waals surface area contributed by atoms with Gasteiger partial charge in [0.2, 0.25) is 0 Å². The minimum atomic E-state index is -2.75. The van der Waals surface area contributed by atoms with Crippen LogP contribution in [-0.2, 0) is 14.3 Å². The maximum absolute atomic E-state index is 14.0. The number of hydrogen-bond acceptors (Lipinski definition) is 3. The van der Waals surface area contributed by atoms with E-state index in [1.54, 1.807) is 25.2 Å². The lowest BCUT2D eigenvalue weighted by Gasteiger charge is -2.37. The molecule has 0 aliphatic heterocycles. The Morgan fingerprint density at radius 1 is 1.04 bits per heavy atom. The highest BCUT2D eigenvalue weighted by molar-refractivity contribution is 5.91. The summed E-state index contributed by atoms with van der Waals surface area (Å²) < 4.78 is 32.4. The number of alkyl halides is 2. The fourth-order valence-corrected chi connectivity index (χ4v) is 2.87. The summed E-state index contributed by atoms with van der Waals surface area (Å²) in [6, 6.07) is 0. The summed E-state index contributed by atoms with van der Waals surface area (Å²) in [6.45, 7) is 10.2. The molecular formula is C22H28F2O3. The summed E-state index contributed by atoms with van der Waals surface area (Å²) in [6.07, 6.45) is 10.4. The van der Waals surface area contributed by atoms with Crippen molar-refractivity contribution in [3.05, 3.63) is 58.7 Å². The molecule has 1 aliphatic rings. The molecule has 148 valence electrons. The lowest BCUT2D eigenvalue weighted by atomic mass is 9.71. The Hall–Kier alpha value is -2.30. The largest absolute Gasteiger partial charge is 0.390 e. The van der Waals surface area contributed by atoms with Crippen molar-refractivity contribution in [1.29, 1.82) is 0 Å². The molecule has 5 heteroatoms. The van der Waals surface area contributed by atoms with Gasteiger partial charge in [-0.1, -0.05) is 49.8 Å². The van der Waals surface area contributed by atoms with E-state index in [1.807, 2.05) is 32.9 Å². The van der Waals surface area contributed by atoms with Gasteiger partial charge in [-0.05, 0) is 49.3 Å². The molecule has 0 spiro atoms. The molecule has 27 heavy (non-hydrogen) atoms. The van der Waals surface area contributed by atoms with Gasteiger partial charge in [-0.3, -0.25) is 4.79 Å². The Kier molecular flexibility index (Phi) is 7.64. The normalized spacial score (nSPS) is 20.4. The van der Waals surface area contributed by atoms with Crippen molar-refractivity contribution in [2.45, 2.75) is 60.3 Å². The Balaban J connectivity index is 2.88. The van der Waals surface area contributed by atoms with Gasteiger partial charge in [0.25, 0.3) is 5.92 Å². The van der Waals surface area contributed by atoms with Gasteiger partial charge in [0, 0.05) is 19.4 Å². The van der Waals surface area contributed by atoms with Crippen molar-refractivity contribution < 1.29 is 23.1 Å². The number of halogens is 2. The van der Waals surface area contributed by atoms with Gasteiger partial charge in [-0.25, -0.2) is 13.6 Å². The van der Waals surface area contributed by atoms with E-state index in [9.17, 15) is 18.4 Å². The van der Waals surface area contributed by atoms with Crippen molar-refractivity contribution >= 4 is 11.9 Å². The smallest absolute Gasteiger partial charge is 0.338 e. The number of carbonyl (C=O) groups excluding carboxylic acids is 2. The van der Waals surface area contributed by atoms with Crippen LogP contribution in [0, 0.1) is 5.41 Å². The monoisotopic (exact) mass is 378 g/mol. The average molecular weight is 378 g/mol. The van der Waals surface area contributed by atoms with Crippen LogP contribution in [0.25, 0.3) is 0 Å². The Bertz CT molecular complexity index is 748. The zero-order chi connectivity index (χ0) is 20.8. The molecule has 1 aliphatic carbocycles. The number of rotatable bonds is 5. The molecule has 3 nitrogen and oxygen atoms in total. The Morgan fingerprint density at radius 2 is 1.67 bits per heavy atom. The zero-order valence-electron chi connectivity index (χ0n) is 16.9. The SMILES string of the molecule is CC(=O)OC(=O)/C=C(C)/C=C/C=C(C)/C=C/C1=C(C)C(F)(F)CCC1(C)C. The molecule has 0 N–H and O–H groups in total. The van der Waals surface area contributed by atoms with E-state index < -0.39 is 17.9 Å². The third-order valence-electron chi connectivity index (χ3n) is 4.57. The predicted molar refractivity (Wildman–Crippen MR) is 103 cm³/mol. The molecule has 0 fully saturated rings. The molecule has 0 unspecified atom stereocenters. The van der Waals surface area contributed by atoms with E-state index in [4.69, 9.17) is 0 Å². The minimum Gasteiger partial charge on any atom is -0.390 e. The number of ether oxygens (including phenoxy) is 1. The van der Waals surface area contributed by atoms with E-state index in [0.29, 0.717) is 17.6 Å². The van der Waals surface area contributed by atoms with Crippen LogP contribution >= 0.6 is 0 Å². The van der Waals surface area contributed by atoms with Crippen LogP contribution in [-0.4, -0.2) is 17.9 Å². The summed E-state index contributed by atoms with van der Waals surface area (Å²) in [5, 5.41) is 0. The maximum Gasteiger partial charge on any atom is 0.338 e. The standard InChI is InChI=1S/C22H28F2O3/c1-15(8-7-9-16(2)14-20(26)27-18(4)25)10-11-19-17(3)22(23,24)13-12-21(19,5)6/h7-11,14H,12-13H2,1-6H3/b9-7+,11-10+,15-8+,16-14+. The number of esters is 2. The fraction of sp³-hybridized carbons (Fsp3) is 0.455. The lowest BCUT2D eigenvalue weighted by Crippen LogP contribution is -2.31. The molecule has 0 saturated heterocycles. The van der Waals surface area contributed by atoms with Gasteiger partial charge < -0.3 is 4.74 Å². The van der Waals surface area contributed by atoms with Crippen LogP contribution in [0.2, 0.25) is 0 Å². The van der Waals surface area contributed by atoms with Crippen LogP contribution in [0.3, 0.4) is 0 Å². The molecule has 0 amide bonds. The minimum absolute atomic E-state index is 0.113. The molecule has 1 rings (SSSR count). The van der Waals surface area contributed by atoms with Gasteiger partial charge in [-0.2, -0.15) is 0 Å². The highest BCUT2D eigenvalue weighted by atomic mass is 19.3. The van der Waals surface area contributed by atoms with E-state index in [1.165, 1.54) is 13.0 Å². The van der Waals surface area contributed by atoms with Crippen molar-refractivity contribution in [3.63, 3.8) is 0 Å². The molecule has 0 atom stereocenters. The third kappa shape index (κ3) is 7.08. The van der Waals surface area contributed by atoms with E-state index in [-0.39, 0.29) is 17.4 Å². The second kappa shape index (κ2) is 9.07. The quantitative estimate of drug-likeness (QED) is 0.261. The average Bonchev–Trinajstić information content (AvgIpc) is 2.50. The first-order valence-electron chi connectivity index (χ1n) is 8.88. The molecule has 0 heterocycles. The zero-order valence-corrected chi connectivity index (χ0v) is 16.9. The molecule has 0 radical (unpaired) electrons. The predicted octanol–water partition coefficient (Wildman–Crippen LogP) is 5.85.